The van der Waals surface area contributed by atoms with Crippen LogP contribution in [0.3, 0.4) is 0 Å². The number of rotatable bonds is 7. The van der Waals surface area contributed by atoms with Gasteiger partial charge in [0.15, 0.2) is 0 Å². The average Bonchev–Trinajstić information content (AvgIpc) is 3.52. The Morgan fingerprint density at radius 3 is 2.44 bits per heavy atom. The van der Waals surface area contributed by atoms with Crippen LogP contribution >= 0.6 is 11.3 Å². The number of unbranched alkanes of at least 4 members (excludes halogenated alkanes) is 1. The summed E-state index contributed by atoms with van der Waals surface area (Å²) in [5, 5.41) is 2.15. The number of hydrogen-bond acceptors (Lipinski definition) is 3. The van der Waals surface area contributed by atoms with E-state index in [4.69, 9.17) is 0 Å². The van der Waals surface area contributed by atoms with Crippen LogP contribution in [0, 0.1) is 5.92 Å². The maximum Gasteiger partial charge on any atom is 0.242 e. The first-order chi connectivity index (χ1) is 16.3. The van der Waals surface area contributed by atoms with Gasteiger partial charge in [0.1, 0.15) is 0 Å². The summed E-state index contributed by atoms with van der Waals surface area (Å²) in [5.74, 6) is 0.373. The molecule has 0 N–H and O–H groups in total. The molecule has 1 atom stereocenters. The van der Waals surface area contributed by atoms with Gasteiger partial charge in [-0.25, -0.2) is 0 Å². The Bertz CT molecular complexity index is 982. The minimum atomic E-state index is -0.0777. The van der Waals surface area contributed by atoms with Gasteiger partial charge in [-0.1, -0.05) is 71.2 Å². The molecule has 0 saturated heterocycles. The topological polar surface area (TPSA) is 40.6 Å². The molecule has 1 unspecified atom stereocenters. The highest BCUT2D eigenvalue weighted by atomic mass is 32.1. The molecule has 1 fully saturated rings. The molecular formula is C29H40N2O2S. The molecule has 2 aliphatic rings. The molecule has 1 aliphatic heterocycles. The number of carbonyl (C=O) groups excluding carboxylic acids is 2. The van der Waals surface area contributed by atoms with Gasteiger partial charge in [0.05, 0.1) is 12.6 Å². The third-order valence-electron chi connectivity index (χ3n) is 7.50. The summed E-state index contributed by atoms with van der Waals surface area (Å²) in [7, 11) is 0. The second-order valence-corrected chi connectivity index (χ2v) is 12.0. The maximum absolute atomic E-state index is 13.8. The van der Waals surface area contributed by atoms with Crippen LogP contribution in [0.4, 0.5) is 0 Å². The Morgan fingerprint density at radius 2 is 1.79 bits per heavy atom. The van der Waals surface area contributed by atoms with Gasteiger partial charge in [0.2, 0.25) is 11.8 Å². The van der Waals surface area contributed by atoms with Crippen LogP contribution in [-0.2, 0) is 21.4 Å². The summed E-state index contributed by atoms with van der Waals surface area (Å²) in [4.78, 5) is 32.3. The standard InChI is InChI=1S/C29H40N2O2S/c1-5-6-17-30(28(33)22-9-7-8-10-22)20-26(32)31-18-15-25-24(16-19-34-25)27(31)21-11-13-23(14-12-21)29(2,3)4/h11-14,16,19,22,27H,5-10,15,17-18,20H2,1-4H3. The van der Waals surface area contributed by atoms with Crippen molar-refractivity contribution in [3.63, 3.8) is 0 Å². The fourth-order valence-electron chi connectivity index (χ4n) is 5.41. The molecule has 0 radical (unpaired) electrons. The fraction of sp³-hybridized carbons (Fsp3) is 0.586. The van der Waals surface area contributed by atoms with E-state index < -0.39 is 0 Å². The lowest BCUT2D eigenvalue weighted by atomic mass is 9.85. The quantitative estimate of drug-likeness (QED) is 0.464. The van der Waals surface area contributed by atoms with Crippen molar-refractivity contribution in [3.8, 4) is 0 Å². The van der Waals surface area contributed by atoms with Gasteiger partial charge in [-0.05, 0) is 59.2 Å². The van der Waals surface area contributed by atoms with Gasteiger partial charge in [0, 0.05) is 23.9 Å². The SMILES string of the molecule is CCCCN(CC(=O)N1CCc2sccc2C1c1ccc(C(C)(C)C)cc1)C(=O)C1CCCC1. The lowest BCUT2D eigenvalue weighted by Gasteiger charge is -2.38. The van der Waals surface area contributed by atoms with Crippen molar-refractivity contribution in [2.75, 3.05) is 19.6 Å². The van der Waals surface area contributed by atoms with Crippen molar-refractivity contribution in [1.82, 2.24) is 9.80 Å². The highest BCUT2D eigenvalue weighted by Gasteiger charge is 2.35. The molecule has 1 aliphatic carbocycles. The van der Waals surface area contributed by atoms with Gasteiger partial charge in [0.25, 0.3) is 0 Å². The number of hydrogen-bond donors (Lipinski definition) is 0. The highest BCUT2D eigenvalue weighted by Crippen LogP contribution is 2.38. The van der Waals surface area contributed by atoms with E-state index >= 15 is 0 Å². The highest BCUT2D eigenvalue weighted by molar-refractivity contribution is 7.10. The maximum atomic E-state index is 13.8. The predicted molar refractivity (Wildman–Crippen MR) is 140 cm³/mol. The zero-order valence-corrected chi connectivity index (χ0v) is 22.1. The Morgan fingerprint density at radius 1 is 1.09 bits per heavy atom. The van der Waals surface area contributed by atoms with E-state index in [2.05, 4.69) is 63.4 Å². The molecule has 1 aromatic heterocycles. The summed E-state index contributed by atoms with van der Waals surface area (Å²) >= 11 is 1.79. The Hall–Kier alpha value is -2.14. The lowest BCUT2D eigenvalue weighted by Crippen LogP contribution is -2.48. The van der Waals surface area contributed by atoms with E-state index in [1.54, 1.807) is 11.3 Å². The molecule has 0 spiro atoms. The molecule has 2 heterocycles. The van der Waals surface area contributed by atoms with Crippen molar-refractivity contribution in [1.29, 1.82) is 0 Å². The summed E-state index contributed by atoms with van der Waals surface area (Å²) in [6.45, 7) is 10.4. The van der Waals surface area contributed by atoms with Crippen molar-refractivity contribution in [3.05, 3.63) is 57.3 Å². The van der Waals surface area contributed by atoms with Gasteiger partial charge in [-0.15, -0.1) is 11.3 Å². The van der Waals surface area contributed by atoms with Crippen LogP contribution in [0.2, 0.25) is 0 Å². The lowest BCUT2D eigenvalue weighted by molar-refractivity contribution is -0.144. The molecular weight excluding hydrogens is 440 g/mol. The summed E-state index contributed by atoms with van der Waals surface area (Å²) in [6, 6.07) is 10.9. The normalized spacial score (nSPS) is 18.7. The van der Waals surface area contributed by atoms with Crippen LogP contribution in [0.1, 0.15) is 93.8 Å². The number of carbonyl (C=O) groups is 2. The Labute approximate surface area is 209 Å². The van der Waals surface area contributed by atoms with Gasteiger partial charge >= 0.3 is 0 Å². The van der Waals surface area contributed by atoms with Gasteiger partial charge in [-0.3, -0.25) is 9.59 Å². The molecule has 4 nitrogen and oxygen atoms in total. The van der Waals surface area contributed by atoms with Crippen molar-refractivity contribution < 1.29 is 9.59 Å². The monoisotopic (exact) mass is 480 g/mol. The summed E-state index contributed by atoms with van der Waals surface area (Å²) in [6.07, 6.45) is 7.06. The number of nitrogens with zero attached hydrogens (tertiary/aromatic N) is 2. The second kappa shape index (κ2) is 10.6. The van der Waals surface area contributed by atoms with Gasteiger partial charge < -0.3 is 9.80 Å². The van der Waals surface area contributed by atoms with E-state index in [1.807, 2.05) is 9.80 Å². The largest absolute Gasteiger partial charge is 0.333 e. The first kappa shape index (κ1) is 25.0. The molecule has 2 aromatic rings. The zero-order valence-electron chi connectivity index (χ0n) is 21.3. The second-order valence-electron chi connectivity index (χ2n) is 11.0. The van der Waals surface area contributed by atoms with Gasteiger partial charge in [-0.2, -0.15) is 0 Å². The van der Waals surface area contributed by atoms with Crippen molar-refractivity contribution in [2.24, 2.45) is 5.92 Å². The van der Waals surface area contributed by atoms with Crippen LogP contribution < -0.4 is 0 Å². The molecule has 2 amide bonds. The first-order valence-corrected chi connectivity index (χ1v) is 13.9. The van der Waals surface area contributed by atoms with Crippen molar-refractivity contribution >= 4 is 23.2 Å². The Balaban J connectivity index is 1.59. The van der Waals surface area contributed by atoms with Crippen LogP contribution in [0.15, 0.2) is 35.7 Å². The molecule has 0 bridgehead atoms. The summed E-state index contributed by atoms with van der Waals surface area (Å²) < 4.78 is 0. The van der Waals surface area contributed by atoms with Crippen LogP contribution in [0.25, 0.3) is 0 Å². The van der Waals surface area contributed by atoms with Crippen LogP contribution in [0.5, 0.6) is 0 Å². The number of thiophene rings is 1. The van der Waals surface area contributed by atoms with E-state index in [-0.39, 0.29) is 35.7 Å². The average molecular weight is 481 g/mol. The van der Waals surface area contributed by atoms with Crippen molar-refractivity contribution in [2.45, 2.75) is 84.1 Å². The fourth-order valence-corrected chi connectivity index (χ4v) is 6.31. The number of benzene rings is 1. The third kappa shape index (κ3) is 5.40. The number of amides is 2. The third-order valence-corrected chi connectivity index (χ3v) is 8.50. The van der Waals surface area contributed by atoms with E-state index in [1.165, 1.54) is 16.0 Å². The molecule has 34 heavy (non-hydrogen) atoms. The molecule has 4 rings (SSSR count). The number of fused-ring (bicyclic) bond motifs is 1. The zero-order chi connectivity index (χ0) is 24.3. The van der Waals surface area contributed by atoms with E-state index in [0.29, 0.717) is 13.1 Å². The molecule has 184 valence electrons. The molecule has 1 aromatic carbocycles. The minimum absolute atomic E-state index is 0.0733. The smallest absolute Gasteiger partial charge is 0.242 e. The van der Waals surface area contributed by atoms with E-state index in [9.17, 15) is 9.59 Å². The predicted octanol–water partition coefficient (Wildman–Crippen LogP) is 6.34. The molecule has 1 saturated carbocycles. The molecule has 5 heteroatoms. The minimum Gasteiger partial charge on any atom is -0.333 e. The van der Waals surface area contributed by atoms with E-state index in [0.717, 1.165) is 50.5 Å². The first-order valence-electron chi connectivity index (χ1n) is 13.0. The van der Waals surface area contributed by atoms with Crippen LogP contribution in [-0.4, -0.2) is 41.2 Å². The summed E-state index contributed by atoms with van der Waals surface area (Å²) in [5.41, 5.74) is 3.79. The Kier molecular flexibility index (Phi) is 7.81.